The smallest absolute Gasteiger partial charge is 0.293 e. The number of nitrogens with one attached hydrogen (secondary N) is 1. The number of nitrogens with zero attached hydrogens (tertiary/aromatic N) is 3. The highest BCUT2D eigenvalue weighted by Gasteiger charge is 2.32. The first-order valence-electron chi connectivity index (χ1n) is 7.85. The van der Waals surface area contributed by atoms with E-state index in [1.807, 2.05) is 0 Å². The van der Waals surface area contributed by atoms with Crippen molar-refractivity contribution in [2.24, 2.45) is 0 Å². The molecule has 0 radical (unpaired) electrons. The van der Waals surface area contributed by atoms with Crippen LogP contribution in [-0.2, 0) is 11.4 Å². The fraction of sp³-hybridized carbons (Fsp3) is 0.176. The van der Waals surface area contributed by atoms with Gasteiger partial charge in [0.05, 0.1) is 9.38 Å². The first-order chi connectivity index (χ1) is 13.3. The van der Waals surface area contributed by atoms with E-state index in [0.717, 1.165) is 16.7 Å². The summed E-state index contributed by atoms with van der Waals surface area (Å²) in [5, 5.41) is 12.4. The van der Waals surface area contributed by atoms with Gasteiger partial charge in [0, 0.05) is 32.1 Å². The van der Waals surface area contributed by atoms with Crippen LogP contribution in [0.1, 0.15) is 11.1 Å². The number of hydrogen-bond donors (Lipinski definition) is 2. The average molecular weight is 469 g/mol. The van der Waals surface area contributed by atoms with Gasteiger partial charge in [0.1, 0.15) is 6.61 Å². The molecule has 2 N–H and O–H groups in total. The van der Waals surface area contributed by atoms with Gasteiger partial charge in [0.2, 0.25) is 5.95 Å². The van der Waals surface area contributed by atoms with Crippen LogP contribution in [0.2, 0.25) is 0 Å². The van der Waals surface area contributed by atoms with Crippen molar-refractivity contribution in [3.8, 4) is 11.5 Å². The molecule has 2 amide bonds. The maximum Gasteiger partial charge on any atom is 0.293 e. The predicted molar refractivity (Wildman–Crippen MR) is 105 cm³/mol. The number of hydrogen-bond acceptors (Lipinski definition) is 8. The summed E-state index contributed by atoms with van der Waals surface area (Å²) in [6.45, 7) is -0.0104. The standard InChI is InChI=1S/C17H14BrFN4O4S/c1-20-16-21-5-8(6-22-16)7-27-10-3-9(12(18)13(19)14(10)24)4-11-15(25)23(2)17(26)28-11/h3-6,24H,7H2,1-2H3,(H,20,21,22)/b11-4-. The van der Waals surface area contributed by atoms with Crippen LogP contribution in [0.4, 0.5) is 15.1 Å². The highest BCUT2D eigenvalue weighted by atomic mass is 79.9. The molecule has 1 aromatic carbocycles. The van der Waals surface area contributed by atoms with E-state index < -0.39 is 22.7 Å². The van der Waals surface area contributed by atoms with Crippen LogP contribution in [-0.4, -0.2) is 45.2 Å². The Kier molecular flexibility index (Phi) is 5.84. The molecule has 0 saturated carbocycles. The van der Waals surface area contributed by atoms with Gasteiger partial charge in [-0.3, -0.25) is 14.5 Å². The van der Waals surface area contributed by atoms with Gasteiger partial charge in [0.25, 0.3) is 11.1 Å². The minimum Gasteiger partial charge on any atom is -0.502 e. The molecule has 1 aromatic heterocycles. The summed E-state index contributed by atoms with van der Waals surface area (Å²) in [5.41, 5.74) is 0.849. The van der Waals surface area contributed by atoms with Crippen molar-refractivity contribution in [2.75, 3.05) is 19.4 Å². The number of anilines is 1. The number of phenolic OH excluding ortho intramolecular Hbond substituents is 1. The van der Waals surface area contributed by atoms with E-state index >= 15 is 0 Å². The molecule has 8 nitrogen and oxygen atoms in total. The zero-order valence-corrected chi connectivity index (χ0v) is 17.1. The molecule has 0 bridgehead atoms. The highest BCUT2D eigenvalue weighted by molar-refractivity contribution is 9.10. The number of benzene rings is 1. The van der Waals surface area contributed by atoms with Crippen LogP contribution in [0, 0.1) is 5.82 Å². The summed E-state index contributed by atoms with van der Waals surface area (Å²) in [6.07, 6.45) is 4.42. The second-order valence-electron chi connectivity index (χ2n) is 5.63. The number of likely N-dealkylation sites (N-methyl/N-ethyl adjacent to an activating group) is 1. The Balaban J connectivity index is 1.88. The third-order valence-electron chi connectivity index (χ3n) is 3.77. The topological polar surface area (TPSA) is 105 Å². The molecule has 1 fully saturated rings. The van der Waals surface area contributed by atoms with Gasteiger partial charge in [-0.05, 0) is 45.4 Å². The SMILES string of the molecule is CNc1ncc(COc2cc(/C=C3\SC(=O)N(C)C3=O)c(Br)c(F)c2O)cn1. The Morgan fingerprint density at radius 3 is 2.64 bits per heavy atom. The van der Waals surface area contributed by atoms with Gasteiger partial charge in [-0.25, -0.2) is 14.4 Å². The van der Waals surface area contributed by atoms with E-state index in [0.29, 0.717) is 11.5 Å². The number of imide groups is 1. The summed E-state index contributed by atoms with van der Waals surface area (Å²) >= 11 is 3.80. The Morgan fingerprint density at radius 2 is 2.07 bits per heavy atom. The number of aromatic hydroxyl groups is 1. The molecule has 28 heavy (non-hydrogen) atoms. The van der Waals surface area contributed by atoms with Crippen molar-refractivity contribution in [3.05, 3.63) is 44.8 Å². The summed E-state index contributed by atoms with van der Waals surface area (Å²) in [4.78, 5) is 32.8. The summed E-state index contributed by atoms with van der Waals surface area (Å²) in [6, 6.07) is 1.37. The Hall–Kier alpha value is -2.66. The van der Waals surface area contributed by atoms with Crippen LogP contribution >= 0.6 is 27.7 Å². The highest BCUT2D eigenvalue weighted by Crippen LogP contribution is 2.40. The molecular formula is C17H14BrFN4O4S. The zero-order chi connectivity index (χ0) is 20.4. The van der Waals surface area contributed by atoms with Crippen LogP contribution in [0.25, 0.3) is 6.08 Å². The molecule has 0 atom stereocenters. The van der Waals surface area contributed by atoms with Crippen molar-refractivity contribution in [2.45, 2.75) is 6.61 Å². The largest absolute Gasteiger partial charge is 0.502 e. The van der Waals surface area contributed by atoms with Gasteiger partial charge in [-0.1, -0.05) is 0 Å². The first kappa shape index (κ1) is 20.1. The monoisotopic (exact) mass is 468 g/mol. The van der Waals surface area contributed by atoms with Gasteiger partial charge in [-0.15, -0.1) is 0 Å². The molecule has 1 aliphatic heterocycles. The molecule has 1 aliphatic rings. The van der Waals surface area contributed by atoms with E-state index in [9.17, 15) is 19.1 Å². The van der Waals surface area contributed by atoms with Crippen LogP contribution < -0.4 is 10.1 Å². The van der Waals surface area contributed by atoms with Crippen LogP contribution in [0.15, 0.2) is 27.8 Å². The minimum absolute atomic E-state index is 0.0104. The third-order valence-corrected chi connectivity index (χ3v) is 5.54. The lowest BCUT2D eigenvalue weighted by molar-refractivity contribution is -0.121. The Bertz CT molecular complexity index is 984. The Labute approximate surface area is 171 Å². The second-order valence-corrected chi connectivity index (χ2v) is 7.42. The summed E-state index contributed by atoms with van der Waals surface area (Å²) in [5.74, 6) is -1.80. The van der Waals surface area contributed by atoms with Gasteiger partial charge in [0.15, 0.2) is 17.3 Å². The maximum atomic E-state index is 14.4. The lowest BCUT2D eigenvalue weighted by atomic mass is 10.1. The van der Waals surface area contributed by atoms with Crippen molar-refractivity contribution in [1.82, 2.24) is 14.9 Å². The van der Waals surface area contributed by atoms with Crippen LogP contribution in [0.3, 0.4) is 0 Å². The third kappa shape index (κ3) is 3.94. The number of carbonyl (C=O) groups is 2. The van der Waals surface area contributed by atoms with E-state index in [1.54, 1.807) is 7.05 Å². The van der Waals surface area contributed by atoms with E-state index in [2.05, 4.69) is 31.2 Å². The number of thioether (sulfide) groups is 1. The van der Waals surface area contributed by atoms with E-state index in [-0.39, 0.29) is 27.3 Å². The normalized spacial score (nSPS) is 15.4. The van der Waals surface area contributed by atoms with Gasteiger partial charge < -0.3 is 15.2 Å². The molecule has 11 heteroatoms. The quantitative estimate of drug-likeness (QED) is 0.643. The average Bonchev–Trinajstić information content (AvgIpc) is 2.94. The predicted octanol–water partition coefficient (Wildman–Crippen LogP) is 3.37. The number of carbonyl (C=O) groups excluding carboxylic acids is 2. The Morgan fingerprint density at radius 1 is 1.39 bits per heavy atom. The molecule has 146 valence electrons. The summed E-state index contributed by atoms with van der Waals surface area (Å²) < 4.78 is 19.8. The number of halogens is 2. The summed E-state index contributed by atoms with van der Waals surface area (Å²) in [7, 11) is 3.05. The number of amides is 2. The molecule has 3 rings (SSSR count). The number of phenols is 1. The van der Waals surface area contributed by atoms with Gasteiger partial charge >= 0.3 is 0 Å². The maximum absolute atomic E-state index is 14.4. The lowest BCUT2D eigenvalue weighted by Crippen LogP contribution is -2.22. The fourth-order valence-corrected chi connectivity index (χ4v) is 3.47. The molecule has 0 aliphatic carbocycles. The fourth-order valence-electron chi connectivity index (χ4n) is 2.23. The molecule has 2 heterocycles. The second kappa shape index (κ2) is 8.15. The van der Waals surface area contributed by atoms with Gasteiger partial charge in [-0.2, -0.15) is 0 Å². The zero-order valence-electron chi connectivity index (χ0n) is 14.7. The molecule has 0 unspecified atom stereocenters. The molecule has 2 aromatic rings. The van der Waals surface area contributed by atoms with Crippen molar-refractivity contribution >= 4 is 50.9 Å². The molecular weight excluding hydrogens is 455 g/mol. The number of ether oxygens (including phenoxy) is 1. The first-order valence-corrected chi connectivity index (χ1v) is 9.46. The van der Waals surface area contributed by atoms with E-state index in [1.165, 1.54) is 31.6 Å². The molecule has 1 saturated heterocycles. The van der Waals surface area contributed by atoms with Crippen LogP contribution in [0.5, 0.6) is 11.5 Å². The molecule has 0 spiro atoms. The van der Waals surface area contributed by atoms with E-state index in [4.69, 9.17) is 4.74 Å². The lowest BCUT2D eigenvalue weighted by Gasteiger charge is -2.12. The van der Waals surface area contributed by atoms with Crippen molar-refractivity contribution < 1.29 is 23.8 Å². The number of rotatable bonds is 5. The minimum atomic E-state index is -0.943. The van der Waals surface area contributed by atoms with Crippen molar-refractivity contribution in [1.29, 1.82) is 0 Å². The number of aromatic nitrogens is 2. The van der Waals surface area contributed by atoms with Crippen molar-refractivity contribution in [3.63, 3.8) is 0 Å².